The molecule has 0 aliphatic carbocycles. The van der Waals surface area contributed by atoms with Crippen molar-refractivity contribution >= 4 is 17.4 Å². The smallest absolute Gasteiger partial charge is 0.416 e. The molecule has 168 valence electrons. The third-order valence-electron chi connectivity index (χ3n) is 4.95. The molecule has 3 aromatic rings. The van der Waals surface area contributed by atoms with E-state index in [0.29, 0.717) is 35.8 Å². The summed E-state index contributed by atoms with van der Waals surface area (Å²) in [6.45, 7) is 0.489. The molecule has 0 spiro atoms. The summed E-state index contributed by atoms with van der Waals surface area (Å²) in [5.74, 6) is 1.07. The van der Waals surface area contributed by atoms with Gasteiger partial charge in [0.15, 0.2) is 0 Å². The fourth-order valence-corrected chi connectivity index (χ4v) is 3.46. The van der Waals surface area contributed by atoms with Crippen molar-refractivity contribution in [3.05, 3.63) is 88.1 Å². The Hall–Kier alpha value is -4.24. The van der Waals surface area contributed by atoms with E-state index in [1.165, 1.54) is 17.0 Å². The fraction of sp³-hybridized carbons (Fsp3) is 0.182. The van der Waals surface area contributed by atoms with Crippen LogP contribution in [0.15, 0.2) is 65.9 Å². The van der Waals surface area contributed by atoms with Gasteiger partial charge in [-0.2, -0.15) is 13.2 Å². The number of hydrogen-bond acceptors (Lipinski definition) is 4. The van der Waals surface area contributed by atoms with Gasteiger partial charge in [0.05, 0.1) is 12.1 Å². The van der Waals surface area contributed by atoms with Gasteiger partial charge in [0.25, 0.3) is 0 Å². The molecule has 4 rings (SSSR count). The highest BCUT2D eigenvalue weighted by atomic mass is 19.4. The van der Waals surface area contributed by atoms with E-state index in [2.05, 4.69) is 20.3 Å². The summed E-state index contributed by atoms with van der Waals surface area (Å²) in [5.41, 5.74) is 9.75. The average molecular weight is 454 g/mol. The summed E-state index contributed by atoms with van der Waals surface area (Å²) in [5, 5.41) is 6.00. The van der Waals surface area contributed by atoms with Gasteiger partial charge in [0, 0.05) is 40.8 Å². The van der Waals surface area contributed by atoms with Crippen molar-refractivity contribution in [1.82, 2.24) is 4.98 Å². The summed E-state index contributed by atoms with van der Waals surface area (Å²) in [7, 11) is 0. The predicted molar refractivity (Wildman–Crippen MR) is 115 cm³/mol. The number of rotatable bonds is 5. The maximum Gasteiger partial charge on any atom is 0.416 e. The van der Waals surface area contributed by atoms with Crippen molar-refractivity contribution < 1.29 is 22.7 Å². The Labute approximate surface area is 186 Å². The van der Waals surface area contributed by atoms with Gasteiger partial charge in [-0.05, 0) is 60.0 Å². The van der Waals surface area contributed by atoms with Gasteiger partial charge in [-0.25, -0.2) is 4.79 Å². The minimum Gasteiger partial charge on any atom is -0.457 e. The maximum absolute atomic E-state index is 12.9. The Kier molecular flexibility index (Phi) is 6.05. The van der Waals surface area contributed by atoms with Crippen molar-refractivity contribution in [2.75, 3.05) is 16.8 Å². The molecule has 0 unspecified atom stereocenters. The Bertz CT molecular complexity index is 1240. The van der Waals surface area contributed by atoms with Crippen LogP contribution in [0.4, 0.5) is 29.3 Å². The van der Waals surface area contributed by atoms with Crippen LogP contribution in [0.1, 0.15) is 16.8 Å². The molecule has 2 amide bonds. The van der Waals surface area contributed by atoms with Crippen molar-refractivity contribution in [2.45, 2.75) is 19.1 Å². The number of fused-ring (bicyclic) bond motifs is 1. The number of pyridine rings is 1. The quantitative estimate of drug-likeness (QED) is 0.278. The molecule has 11 heteroatoms. The third kappa shape index (κ3) is 5.16. The van der Waals surface area contributed by atoms with E-state index in [0.717, 1.165) is 17.7 Å². The van der Waals surface area contributed by atoms with Crippen LogP contribution in [-0.4, -0.2) is 17.6 Å². The van der Waals surface area contributed by atoms with Gasteiger partial charge in [-0.15, -0.1) is 0 Å². The Morgan fingerprint density at radius 2 is 2.00 bits per heavy atom. The molecule has 8 nitrogen and oxygen atoms in total. The second-order valence-corrected chi connectivity index (χ2v) is 7.17. The second kappa shape index (κ2) is 9.09. The molecule has 1 aliphatic heterocycles. The van der Waals surface area contributed by atoms with Gasteiger partial charge >= 0.3 is 12.2 Å². The summed E-state index contributed by atoms with van der Waals surface area (Å²) in [4.78, 5) is 21.0. The fourth-order valence-electron chi connectivity index (χ4n) is 3.46. The van der Waals surface area contributed by atoms with Crippen molar-refractivity contribution in [3.8, 4) is 11.5 Å². The first-order chi connectivity index (χ1) is 15.8. The van der Waals surface area contributed by atoms with Crippen LogP contribution in [0.25, 0.3) is 10.4 Å². The Balaban J connectivity index is 1.46. The summed E-state index contributed by atoms with van der Waals surface area (Å²) >= 11 is 0. The first kappa shape index (κ1) is 22.0. The van der Waals surface area contributed by atoms with E-state index in [1.54, 1.807) is 36.5 Å². The first-order valence-electron chi connectivity index (χ1n) is 9.86. The molecule has 0 bridgehead atoms. The number of halogens is 3. The number of anilines is 2. The number of hydrogen-bond donors (Lipinski definition) is 1. The zero-order valence-corrected chi connectivity index (χ0v) is 17.1. The average Bonchev–Trinajstić information content (AvgIpc) is 3.21. The van der Waals surface area contributed by atoms with E-state index in [9.17, 15) is 18.0 Å². The molecule has 2 aromatic carbocycles. The van der Waals surface area contributed by atoms with E-state index < -0.39 is 17.8 Å². The Morgan fingerprint density at radius 3 is 2.79 bits per heavy atom. The largest absolute Gasteiger partial charge is 0.457 e. The first-order valence-corrected chi connectivity index (χ1v) is 9.86. The molecular formula is C22H17F3N6O2. The van der Waals surface area contributed by atoms with Gasteiger partial charge in [0.1, 0.15) is 11.5 Å². The molecule has 0 atom stereocenters. The number of aromatic nitrogens is 1. The van der Waals surface area contributed by atoms with Crippen molar-refractivity contribution in [1.29, 1.82) is 0 Å². The molecular weight excluding hydrogens is 437 g/mol. The molecule has 1 aliphatic rings. The maximum atomic E-state index is 12.9. The highest BCUT2D eigenvalue weighted by Gasteiger charge is 2.31. The number of amides is 2. The lowest BCUT2D eigenvalue weighted by Crippen LogP contribution is -2.33. The number of nitrogens with one attached hydrogen (secondary N) is 1. The monoisotopic (exact) mass is 454 g/mol. The Morgan fingerprint density at radius 1 is 1.18 bits per heavy atom. The lowest BCUT2D eigenvalue weighted by atomic mass is 10.1. The lowest BCUT2D eigenvalue weighted by molar-refractivity contribution is -0.137. The zero-order valence-electron chi connectivity index (χ0n) is 17.1. The van der Waals surface area contributed by atoms with Crippen molar-refractivity contribution in [2.24, 2.45) is 5.11 Å². The molecule has 33 heavy (non-hydrogen) atoms. The number of azide groups is 1. The van der Waals surface area contributed by atoms with Crippen LogP contribution in [0, 0.1) is 0 Å². The van der Waals surface area contributed by atoms with Crippen molar-refractivity contribution in [3.63, 3.8) is 0 Å². The molecule has 2 heterocycles. The van der Waals surface area contributed by atoms with Gasteiger partial charge in [-0.3, -0.25) is 9.88 Å². The lowest BCUT2D eigenvalue weighted by Gasteiger charge is -2.19. The molecule has 0 fully saturated rings. The number of carbonyl (C=O) groups excluding carboxylic acids is 1. The number of ether oxygens (including phenoxy) is 1. The molecule has 1 aromatic heterocycles. The zero-order chi connectivity index (χ0) is 23.4. The number of carbonyl (C=O) groups is 1. The van der Waals surface area contributed by atoms with Gasteiger partial charge in [0.2, 0.25) is 0 Å². The molecule has 0 saturated carbocycles. The summed E-state index contributed by atoms with van der Waals surface area (Å²) in [6.07, 6.45) is -2.37. The normalized spacial score (nSPS) is 12.6. The van der Waals surface area contributed by atoms with Crippen LogP contribution >= 0.6 is 0 Å². The van der Waals surface area contributed by atoms with E-state index >= 15 is 0 Å². The van der Waals surface area contributed by atoms with Crippen LogP contribution in [-0.2, 0) is 19.1 Å². The van der Waals surface area contributed by atoms with Crippen LogP contribution in [0.5, 0.6) is 11.5 Å². The third-order valence-corrected chi connectivity index (χ3v) is 4.95. The highest BCUT2D eigenvalue weighted by molar-refractivity contribution is 6.03. The molecule has 0 saturated heterocycles. The number of alkyl halides is 3. The molecule has 0 radical (unpaired) electrons. The highest BCUT2D eigenvalue weighted by Crippen LogP contribution is 2.34. The van der Waals surface area contributed by atoms with Gasteiger partial charge in [-0.1, -0.05) is 11.2 Å². The van der Waals surface area contributed by atoms with Crippen LogP contribution < -0.4 is 15.0 Å². The number of benzene rings is 2. The SMILES string of the molecule is [N-]=[N+]=NCc1cc(Oc2ccc3c(c2)CCN3C(=O)Nc2cccc(C(F)(F)F)c2)ccn1. The van der Waals surface area contributed by atoms with Crippen LogP contribution in [0.3, 0.4) is 0 Å². The summed E-state index contributed by atoms with van der Waals surface area (Å²) < 4.78 is 44.6. The van der Waals surface area contributed by atoms with Gasteiger partial charge < -0.3 is 10.1 Å². The van der Waals surface area contributed by atoms with E-state index in [4.69, 9.17) is 10.3 Å². The second-order valence-electron chi connectivity index (χ2n) is 7.17. The molecule has 1 N–H and O–H groups in total. The topological polar surface area (TPSA) is 103 Å². The van der Waals surface area contributed by atoms with E-state index in [-0.39, 0.29) is 12.2 Å². The minimum atomic E-state index is -4.49. The summed E-state index contributed by atoms with van der Waals surface area (Å²) in [6, 6.07) is 12.6. The number of nitrogens with zero attached hydrogens (tertiary/aromatic N) is 5. The standard InChI is InChI=1S/C22H17F3N6O2/c23-22(24,25)15-2-1-3-16(11-15)29-21(32)31-9-7-14-10-18(4-5-20(14)31)33-19-6-8-27-17(12-19)13-28-30-26/h1-6,8,10-12H,7,9,13H2,(H,29,32). The van der Waals surface area contributed by atoms with Crippen LogP contribution in [0.2, 0.25) is 0 Å². The minimum absolute atomic E-state index is 0.0671. The predicted octanol–water partition coefficient (Wildman–Crippen LogP) is 6.30. The number of urea groups is 1. The van der Waals surface area contributed by atoms with E-state index in [1.807, 2.05) is 0 Å².